The first kappa shape index (κ1) is 16.4. The van der Waals surface area contributed by atoms with Crippen LogP contribution in [0.4, 0.5) is 0 Å². The van der Waals surface area contributed by atoms with Gasteiger partial charge in [0, 0.05) is 24.5 Å². The first-order valence-corrected chi connectivity index (χ1v) is 8.89. The number of ether oxygens (including phenoxy) is 1. The topological polar surface area (TPSA) is 74.7 Å². The summed E-state index contributed by atoms with van der Waals surface area (Å²) in [6.45, 7) is 3.10. The maximum Gasteiger partial charge on any atom is 0.270 e. The van der Waals surface area contributed by atoms with Crippen LogP contribution in [-0.4, -0.2) is 65.4 Å². The standard InChI is InChI=1S/C19H23N3O3/c23-18-15(7-8-17(18)22-9-11-25-12-10-22)21-19(24)16-6-5-13-3-1-2-4-14(13)20-16/h1-6,15,17-18,23H,7-12H2,(H,21,24)/t15-,17-,18-/m1/s1. The van der Waals surface area contributed by atoms with Crippen molar-refractivity contribution in [1.82, 2.24) is 15.2 Å². The van der Waals surface area contributed by atoms with Crippen molar-refractivity contribution in [2.75, 3.05) is 26.3 Å². The van der Waals surface area contributed by atoms with E-state index in [2.05, 4.69) is 15.2 Å². The lowest BCUT2D eigenvalue weighted by Gasteiger charge is -2.34. The number of rotatable bonds is 3. The highest BCUT2D eigenvalue weighted by atomic mass is 16.5. The molecule has 2 fully saturated rings. The third-order valence-electron chi connectivity index (χ3n) is 5.24. The molecule has 0 bridgehead atoms. The van der Waals surface area contributed by atoms with Crippen LogP contribution in [0.25, 0.3) is 10.9 Å². The Kier molecular flexibility index (Phi) is 4.65. The van der Waals surface area contributed by atoms with E-state index < -0.39 is 6.10 Å². The van der Waals surface area contributed by atoms with Crippen LogP contribution >= 0.6 is 0 Å². The summed E-state index contributed by atoms with van der Waals surface area (Å²) in [5.74, 6) is -0.225. The lowest BCUT2D eigenvalue weighted by atomic mass is 10.1. The molecule has 3 atom stereocenters. The van der Waals surface area contributed by atoms with Crippen molar-refractivity contribution in [1.29, 1.82) is 0 Å². The van der Waals surface area contributed by atoms with Gasteiger partial charge in [-0.15, -0.1) is 0 Å². The van der Waals surface area contributed by atoms with Crippen molar-refractivity contribution in [3.05, 3.63) is 42.1 Å². The molecule has 2 heterocycles. The highest BCUT2D eigenvalue weighted by Gasteiger charge is 2.39. The molecule has 1 aliphatic carbocycles. The largest absolute Gasteiger partial charge is 0.389 e. The third kappa shape index (κ3) is 3.38. The Morgan fingerprint density at radius 1 is 1.16 bits per heavy atom. The van der Waals surface area contributed by atoms with Crippen LogP contribution < -0.4 is 5.32 Å². The van der Waals surface area contributed by atoms with Gasteiger partial charge in [-0.1, -0.05) is 24.3 Å². The van der Waals surface area contributed by atoms with Gasteiger partial charge < -0.3 is 15.2 Å². The molecule has 0 radical (unpaired) electrons. The lowest BCUT2D eigenvalue weighted by molar-refractivity contribution is -0.0154. The monoisotopic (exact) mass is 341 g/mol. The quantitative estimate of drug-likeness (QED) is 0.877. The number of carbonyl (C=O) groups excluding carboxylic acids is 1. The molecule has 6 nitrogen and oxygen atoms in total. The molecule has 1 saturated heterocycles. The SMILES string of the molecule is O=C(N[C@@H]1CC[C@@H](N2CCOCC2)[C@@H]1O)c1ccc2ccccc2n1. The zero-order valence-corrected chi connectivity index (χ0v) is 14.1. The van der Waals surface area contributed by atoms with Crippen LogP contribution in [0.1, 0.15) is 23.3 Å². The number of amides is 1. The molecule has 1 aromatic heterocycles. The van der Waals surface area contributed by atoms with Crippen molar-refractivity contribution in [3.63, 3.8) is 0 Å². The van der Waals surface area contributed by atoms with Crippen LogP contribution in [-0.2, 0) is 4.74 Å². The predicted octanol–water partition coefficient (Wildman–Crippen LogP) is 1.19. The number of pyridine rings is 1. The zero-order chi connectivity index (χ0) is 17.2. The fourth-order valence-corrected chi connectivity index (χ4v) is 3.86. The number of nitrogens with one attached hydrogen (secondary N) is 1. The molecule has 4 rings (SSSR count). The average molecular weight is 341 g/mol. The number of carbonyl (C=O) groups is 1. The number of hydrogen-bond donors (Lipinski definition) is 2. The minimum Gasteiger partial charge on any atom is -0.389 e. The van der Waals surface area contributed by atoms with E-state index in [1.807, 2.05) is 30.3 Å². The number of aliphatic hydroxyl groups excluding tert-OH is 1. The summed E-state index contributed by atoms with van der Waals surface area (Å²) in [6, 6.07) is 11.2. The lowest BCUT2D eigenvalue weighted by Crippen LogP contribution is -2.51. The Bertz CT molecular complexity index is 760. The molecule has 2 aromatic rings. The molecule has 25 heavy (non-hydrogen) atoms. The van der Waals surface area contributed by atoms with Gasteiger partial charge in [0.25, 0.3) is 5.91 Å². The molecular formula is C19H23N3O3. The van der Waals surface area contributed by atoms with E-state index in [4.69, 9.17) is 4.74 Å². The van der Waals surface area contributed by atoms with Gasteiger partial charge in [0.15, 0.2) is 0 Å². The minimum absolute atomic E-state index is 0.0961. The first-order valence-electron chi connectivity index (χ1n) is 8.89. The van der Waals surface area contributed by atoms with E-state index >= 15 is 0 Å². The van der Waals surface area contributed by atoms with E-state index in [0.29, 0.717) is 18.9 Å². The Balaban J connectivity index is 1.43. The second-order valence-electron chi connectivity index (χ2n) is 6.75. The van der Waals surface area contributed by atoms with Crippen LogP contribution in [0, 0.1) is 0 Å². The molecular weight excluding hydrogens is 318 g/mol. The van der Waals surface area contributed by atoms with Gasteiger partial charge in [-0.05, 0) is 25.0 Å². The summed E-state index contributed by atoms with van der Waals surface area (Å²) in [7, 11) is 0. The van der Waals surface area contributed by atoms with Crippen molar-refractivity contribution in [2.45, 2.75) is 31.0 Å². The molecule has 6 heteroatoms. The third-order valence-corrected chi connectivity index (χ3v) is 5.24. The number of aromatic nitrogens is 1. The van der Waals surface area contributed by atoms with Gasteiger partial charge in [-0.3, -0.25) is 9.69 Å². The molecule has 0 spiro atoms. The summed E-state index contributed by atoms with van der Waals surface area (Å²) in [4.78, 5) is 19.3. The predicted molar refractivity (Wildman–Crippen MR) is 94.4 cm³/mol. The van der Waals surface area contributed by atoms with Crippen molar-refractivity contribution in [2.24, 2.45) is 0 Å². The Morgan fingerprint density at radius 2 is 1.96 bits per heavy atom. The molecule has 1 amide bonds. The van der Waals surface area contributed by atoms with Crippen LogP contribution in [0.5, 0.6) is 0 Å². The normalized spacial score (nSPS) is 27.5. The molecule has 2 aliphatic rings. The number of benzene rings is 1. The van der Waals surface area contributed by atoms with Crippen molar-refractivity contribution < 1.29 is 14.6 Å². The van der Waals surface area contributed by atoms with Gasteiger partial charge >= 0.3 is 0 Å². The van der Waals surface area contributed by atoms with Gasteiger partial charge in [0.2, 0.25) is 0 Å². The summed E-state index contributed by atoms with van der Waals surface area (Å²) in [6.07, 6.45) is 1.11. The smallest absolute Gasteiger partial charge is 0.270 e. The maximum absolute atomic E-state index is 12.6. The highest BCUT2D eigenvalue weighted by molar-refractivity contribution is 5.95. The summed E-state index contributed by atoms with van der Waals surface area (Å²) >= 11 is 0. The van der Waals surface area contributed by atoms with Crippen LogP contribution in [0.2, 0.25) is 0 Å². The highest BCUT2D eigenvalue weighted by Crippen LogP contribution is 2.26. The Labute approximate surface area is 146 Å². The number of fused-ring (bicyclic) bond motifs is 1. The van der Waals surface area contributed by atoms with Crippen LogP contribution in [0.3, 0.4) is 0 Å². The number of para-hydroxylation sites is 1. The van der Waals surface area contributed by atoms with E-state index in [9.17, 15) is 9.90 Å². The Morgan fingerprint density at radius 3 is 2.80 bits per heavy atom. The number of nitrogens with zero attached hydrogens (tertiary/aromatic N) is 2. The molecule has 1 aromatic carbocycles. The second-order valence-corrected chi connectivity index (χ2v) is 6.75. The van der Waals surface area contributed by atoms with Gasteiger partial charge in [-0.25, -0.2) is 4.98 Å². The fraction of sp³-hybridized carbons (Fsp3) is 0.474. The molecule has 1 aliphatic heterocycles. The summed E-state index contributed by atoms with van der Waals surface area (Å²) < 4.78 is 5.38. The zero-order valence-electron chi connectivity index (χ0n) is 14.1. The summed E-state index contributed by atoms with van der Waals surface area (Å²) in [5.41, 5.74) is 1.19. The van der Waals surface area contributed by atoms with E-state index in [0.717, 1.165) is 36.8 Å². The van der Waals surface area contributed by atoms with E-state index in [-0.39, 0.29) is 18.0 Å². The molecule has 0 unspecified atom stereocenters. The molecule has 1 saturated carbocycles. The van der Waals surface area contributed by atoms with Crippen molar-refractivity contribution >= 4 is 16.8 Å². The van der Waals surface area contributed by atoms with Gasteiger partial charge in [-0.2, -0.15) is 0 Å². The second kappa shape index (κ2) is 7.07. The Hall–Kier alpha value is -2.02. The van der Waals surface area contributed by atoms with Crippen LogP contribution in [0.15, 0.2) is 36.4 Å². The van der Waals surface area contributed by atoms with E-state index in [1.165, 1.54) is 0 Å². The van der Waals surface area contributed by atoms with Gasteiger partial charge in [0.1, 0.15) is 5.69 Å². The molecule has 132 valence electrons. The van der Waals surface area contributed by atoms with Gasteiger partial charge in [0.05, 0.1) is 30.9 Å². The maximum atomic E-state index is 12.6. The molecule has 2 N–H and O–H groups in total. The summed E-state index contributed by atoms with van der Waals surface area (Å²) in [5, 5.41) is 14.6. The number of aliphatic hydroxyl groups is 1. The number of hydrogen-bond acceptors (Lipinski definition) is 5. The first-order chi connectivity index (χ1) is 12.2. The van der Waals surface area contributed by atoms with E-state index in [1.54, 1.807) is 6.07 Å². The minimum atomic E-state index is -0.553. The van der Waals surface area contributed by atoms with Crippen molar-refractivity contribution in [3.8, 4) is 0 Å². The average Bonchev–Trinajstić information content (AvgIpc) is 3.02. The number of morpholine rings is 1. The fourth-order valence-electron chi connectivity index (χ4n) is 3.86.